The second-order valence-corrected chi connectivity index (χ2v) is 7.89. The lowest BCUT2D eigenvalue weighted by molar-refractivity contribution is -0.671. The molecule has 36 heavy (non-hydrogen) atoms. The van der Waals surface area contributed by atoms with Crippen molar-refractivity contribution in [2.24, 2.45) is 12.2 Å². The van der Waals surface area contributed by atoms with E-state index in [1.54, 1.807) is 6.92 Å². The Labute approximate surface area is 206 Å². The Morgan fingerprint density at radius 3 is 2.47 bits per heavy atom. The van der Waals surface area contributed by atoms with Crippen molar-refractivity contribution in [3.05, 3.63) is 78.9 Å². The van der Waals surface area contributed by atoms with Crippen LogP contribution in [0, 0.1) is 0 Å². The number of hydrogen-bond donors (Lipinski definition) is 0. The van der Waals surface area contributed by atoms with E-state index in [2.05, 4.69) is 17.3 Å². The van der Waals surface area contributed by atoms with Crippen LogP contribution in [0.5, 0.6) is 0 Å². The van der Waals surface area contributed by atoms with Gasteiger partial charge in [0.2, 0.25) is 6.33 Å². The molecule has 0 saturated heterocycles. The zero-order valence-corrected chi connectivity index (χ0v) is 19.8. The number of carbonyl (C=O) groups excluding carboxylic acids is 1. The van der Waals surface area contributed by atoms with Crippen LogP contribution in [0.25, 0.3) is 11.1 Å². The fourth-order valence-electron chi connectivity index (χ4n) is 3.57. The summed E-state index contributed by atoms with van der Waals surface area (Å²) in [5.41, 5.74) is 3.14. The summed E-state index contributed by atoms with van der Waals surface area (Å²) in [5, 5.41) is 4.02. The van der Waals surface area contributed by atoms with Crippen LogP contribution in [0.3, 0.4) is 0 Å². The molecule has 12 heteroatoms. The number of esters is 1. The number of benzene rings is 2. The monoisotopic (exact) mass is 507 g/mol. The van der Waals surface area contributed by atoms with Gasteiger partial charge in [-0.1, -0.05) is 53.7 Å². The Kier molecular flexibility index (Phi) is 8.86. The number of imidazole rings is 1. The van der Waals surface area contributed by atoms with Gasteiger partial charge in [-0.25, -0.2) is 13.9 Å². The Hall–Kier alpha value is -3.67. The first kappa shape index (κ1) is 26.9. The normalized spacial score (nSPS) is 17.0. The van der Waals surface area contributed by atoms with E-state index in [1.165, 1.54) is 0 Å². The molecule has 1 aromatic heterocycles. The third-order valence-corrected chi connectivity index (χ3v) is 5.13. The van der Waals surface area contributed by atoms with E-state index in [9.17, 15) is 22.1 Å². The largest absolute Gasteiger partial charge is 0.673 e. The molecule has 2 aromatic carbocycles. The molecule has 0 bridgehead atoms. The van der Waals surface area contributed by atoms with E-state index in [0.717, 1.165) is 16.7 Å². The highest BCUT2D eigenvalue weighted by Gasteiger charge is 2.45. The van der Waals surface area contributed by atoms with Gasteiger partial charge in [-0.3, -0.25) is 0 Å². The second-order valence-electron chi connectivity index (χ2n) is 7.89. The van der Waals surface area contributed by atoms with Crippen molar-refractivity contribution >= 4 is 18.9 Å². The van der Waals surface area contributed by atoms with E-state index in [-0.39, 0.29) is 18.7 Å². The maximum absolute atomic E-state index is 12.3. The number of aryl methyl sites for hydroxylation is 1. The predicted molar refractivity (Wildman–Crippen MR) is 125 cm³/mol. The quantitative estimate of drug-likeness (QED) is 0.195. The molecule has 3 aromatic rings. The number of aromatic nitrogens is 2. The van der Waals surface area contributed by atoms with E-state index in [4.69, 9.17) is 14.3 Å². The molecule has 0 radical (unpaired) electrons. The number of carbonyl (C=O) groups is 1. The van der Waals surface area contributed by atoms with Crippen molar-refractivity contribution in [2.45, 2.75) is 25.7 Å². The minimum atomic E-state index is -6.00. The topological polar surface area (TPSA) is 65.9 Å². The first-order chi connectivity index (χ1) is 17.1. The molecule has 0 spiro atoms. The number of oxime groups is 1. The zero-order chi connectivity index (χ0) is 26.2. The van der Waals surface area contributed by atoms with Gasteiger partial charge in [0.1, 0.15) is 18.9 Å². The van der Waals surface area contributed by atoms with Crippen LogP contribution < -0.4 is 4.57 Å². The van der Waals surface area contributed by atoms with Gasteiger partial charge in [0.25, 0.3) is 5.79 Å². The van der Waals surface area contributed by atoms with Crippen LogP contribution in [0.1, 0.15) is 18.9 Å². The van der Waals surface area contributed by atoms with Crippen LogP contribution in [0.4, 0.5) is 17.3 Å². The van der Waals surface area contributed by atoms with Crippen LogP contribution in [0.15, 0.2) is 78.5 Å². The fraction of sp³-hybridized carbons (Fsp3) is 0.292. The fourth-order valence-corrected chi connectivity index (χ4v) is 3.57. The summed E-state index contributed by atoms with van der Waals surface area (Å²) in [5.74, 6) is -1.66. The van der Waals surface area contributed by atoms with Crippen LogP contribution >= 0.6 is 0 Å². The first-order valence-electron chi connectivity index (χ1n) is 11.2. The van der Waals surface area contributed by atoms with Crippen molar-refractivity contribution < 1.29 is 40.9 Å². The maximum Gasteiger partial charge on any atom is 0.673 e. The smallest absolute Gasteiger partial charge is 0.461 e. The van der Waals surface area contributed by atoms with E-state index >= 15 is 0 Å². The standard InChI is InChI=1S/C24H26N3O4.BF4/c1-3-29-23(28)22-17-24(31-25-22,30-15-14-27-13-12-26(2)18-27)21-11-7-10-20(16-21)19-8-5-4-6-9-19;2-1(3,4)5/h4-13,16,18H,3,14-15,17H2,1-2H3;/q+1;-1. The van der Waals surface area contributed by atoms with Crippen molar-refractivity contribution in [3.63, 3.8) is 0 Å². The lowest BCUT2D eigenvalue weighted by Crippen LogP contribution is -2.33. The van der Waals surface area contributed by atoms with Crippen LogP contribution in [-0.2, 0) is 38.5 Å². The predicted octanol–water partition coefficient (Wildman–Crippen LogP) is 4.49. The molecule has 7 nitrogen and oxygen atoms in total. The maximum atomic E-state index is 12.3. The van der Waals surface area contributed by atoms with Gasteiger partial charge >= 0.3 is 13.2 Å². The SMILES string of the molecule is CCOC(=O)C1=NOC(OCCn2cc[n+](C)c2)(c2cccc(-c3ccccc3)c2)C1.F[B-](F)(F)F. The number of nitrogens with zero attached hydrogens (tertiary/aromatic N) is 3. The summed E-state index contributed by atoms with van der Waals surface area (Å²) in [6, 6.07) is 18.0. The number of hydrogen-bond acceptors (Lipinski definition) is 5. The summed E-state index contributed by atoms with van der Waals surface area (Å²) >= 11 is 0. The Balaban J connectivity index is 0.000000658. The van der Waals surface area contributed by atoms with E-state index in [1.807, 2.05) is 77.4 Å². The van der Waals surface area contributed by atoms with Crippen molar-refractivity contribution in [3.8, 4) is 11.1 Å². The molecule has 4 rings (SSSR count). The number of rotatable bonds is 8. The highest BCUT2D eigenvalue weighted by Crippen LogP contribution is 2.38. The van der Waals surface area contributed by atoms with Crippen LogP contribution in [0.2, 0.25) is 0 Å². The lowest BCUT2D eigenvalue weighted by Gasteiger charge is -2.27. The number of halogens is 4. The molecule has 1 unspecified atom stereocenters. The minimum absolute atomic E-state index is 0.184. The molecule has 0 N–H and O–H groups in total. The molecule has 192 valence electrons. The molecule has 1 aliphatic heterocycles. The molecule has 1 atom stereocenters. The van der Waals surface area contributed by atoms with E-state index in [0.29, 0.717) is 13.2 Å². The molecule has 0 fully saturated rings. The highest BCUT2D eigenvalue weighted by atomic mass is 19.5. The molecule has 0 aliphatic carbocycles. The lowest BCUT2D eigenvalue weighted by atomic mass is 9.96. The average molecular weight is 507 g/mol. The summed E-state index contributed by atoms with van der Waals surface area (Å²) in [6.07, 6.45) is 6.10. The molecular weight excluding hydrogens is 481 g/mol. The van der Waals surface area contributed by atoms with E-state index < -0.39 is 19.0 Å². The second kappa shape index (κ2) is 11.8. The average Bonchev–Trinajstić information content (AvgIpc) is 3.46. The van der Waals surface area contributed by atoms with Gasteiger partial charge in [0, 0.05) is 5.56 Å². The summed E-state index contributed by atoms with van der Waals surface area (Å²) in [7, 11) is -4.03. The van der Waals surface area contributed by atoms with Crippen molar-refractivity contribution in [1.82, 2.24) is 4.57 Å². The Morgan fingerprint density at radius 1 is 1.14 bits per heavy atom. The zero-order valence-electron chi connectivity index (χ0n) is 19.8. The van der Waals surface area contributed by atoms with Gasteiger partial charge in [-0.2, -0.15) is 0 Å². The molecular formula is C24H26BF4N3O4. The van der Waals surface area contributed by atoms with Crippen molar-refractivity contribution in [1.29, 1.82) is 0 Å². The molecule has 2 heterocycles. The highest BCUT2D eigenvalue weighted by molar-refractivity contribution is 6.50. The van der Waals surface area contributed by atoms with Gasteiger partial charge in [-0.15, -0.1) is 0 Å². The van der Waals surface area contributed by atoms with Crippen molar-refractivity contribution in [2.75, 3.05) is 13.2 Å². The summed E-state index contributed by atoms with van der Waals surface area (Å²) in [6.45, 7) is 3.06. The third-order valence-electron chi connectivity index (χ3n) is 5.13. The van der Waals surface area contributed by atoms with Crippen LogP contribution in [-0.4, -0.2) is 36.7 Å². The van der Waals surface area contributed by atoms with Gasteiger partial charge in [0.15, 0.2) is 5.71 Å². The number of ether oxygens (including phenoxy) is 2. The van der Waals surface area contributed by atoms with Gasteiger partial charge < -0.3 is 31.6 Å². The molecule has 0 saturated carbocycles. The first-order valence-corrected chi connectivity index (χ1v) is 11.2. The Morgan fingerprint density at radius 2 is 1.83 bits per heavy atom. The molecule has 1 aliphatic rings. The summed E-state index contributed by atoms with van der Waals surface area (Å²) < 4.78 is 54.4. The van der Waals surface area contributed by atoms with Gasteiger partial charge in [-0.05, 0) is 24.1 Å². The minimum Gasteiger partial charge on any atom is -0.461 e. The van der Waals surface area contributed by atoms with Gasteiger partial charge in [0.05, 0.1) is 26.7 Å². The third kappa shape index (κ3) is 7.67. The molecule has 0 amide bonds. The Bertz CT molecular complexity index is 1180. The summed E-state index contributed by atoms with van der Waals surface area (Å²) in [4.78, 5) is 18.0.